The van der Waals surface area contributed by atoms with Gasteiger partial charge in [-0.25, -0.2) is 14.4 Å². The molecule has 0 unspecified atom stereocenters. The zero-order chi connectivity index (χ0) is 20.0. The molecule has 148 valence electrons. The van der Waals surface area contributed by atoms with Gasteiger partial charge in [0.05, 0.1) is 23.5 Å². The highest BCUT2D eigenvalue weighted by Crippen LogP contribution is 2.32. The zero-order valence-electron chi connectivity index (χ0n) is 16.0. The summed E-state index contributed by atoms with van der Waals surface area (Å²) in [5, 5.41) is 11.8. The van der Waals surface area contributed by atoms with Crippen molar-refractivity contribution in [3.05, 3.63) is 47.9 Å². The number of ether oxygens (including phenoxy) is 1. The number of aromatic nitrogens is 5. The largest absolute Gasteiger partial charge is 0.488 e. The number of nitrogens with zero attached hydrogens (tertiary/aromatic N) is 5. The summed E-state index contributed by atoms with van der Waals surface area (Å²) < 4.78 is 25.1. The Balaban J connectivity index is 1.52. The second kappa shape index (κ2) is 6.84. The Morgan fingerprint density at radius 3 is 3.00 bits per heavy atom. The maximum absolute atomic E-state index is 14.3. The highest BCUT2D eigenvalue weighted by Gasteiger charge is 2.22. The predicted octanol–water partition coefficient (Wildman–Crippen LogP) is 3.50. The smallest absolute Gasteiger partial charge is 0.167 e. The number of anilines is 1. The third kappa shape index (κ3) is 3.18. The Kier molecular flexibility index (Phi) is 4.15. The van der Waals surface area contributed by atoms with Crippen molar-refractivity contribution in [2.45, 2.75) is 32.9 Å². The summed E-state index contributed by atoms with van der Waals surface area (Å²) >= 11 is 0. The highest BCUT2D eigenvalue weighted by molar-refractivity contribution is 5.93. The van der Waals surface area contributed by atoms with Gasteiger partial charge < -0.3 is 14.2 Å². The summed E-state index contributed by atoms with van der Waals surface area (Å²) in [5.74, 6) is 1.48. The van der Waals surface area contributed by atoms with Crippen molar-refractivity contribution in [2.24, 2.45) is 0 Å². The van der Waals surface area contributed by atoms with Gasteiger partial charge in [-0.2, -0.15) is 5.10 Å². The molecule has 0 amide bonds. The van der Waals surface area contributed by atoms with Gasteiger partial charge in [0.2, 0.25) is 0 Å². The van der Waals surface area contributed by atoms with E-state index in [4.69, 9.17) is 9.26 Å². The lowest BCUT2D eigenvalue weighted by Gasteiger charge is -2.26. The summed E-state index contributed by atoms with van der Waals surface area (Å²) in [5.41, 5.74) is 2.92. The van der Waals surface area contributed by atoms with Crippen molar-refractivity contribution in [2.75, 3.05) is 11.4 Å². The molecule has 4 aromatic rings. The number of aromatic amines is 1. The topological polar surface area (TPSA) is 93.0 Å². The molecule has 0 saturated carbocycles. The number of H-pyrrole nitrogens is 1. The van der Waals surface area contributed by atoms with E-state index in [2.05, 4.69) is 30.2 Å². The van der Waals surface area contributed by atoms with Gasteiger partial charge in [-0.1, -0.05) is 5.16 Å². The van der Waals surface area contributed by atoms with E-state index in [-0.39, 0.29) is 11.9 Å². The van der Waals surface area contributed by atoms with Gasteiger partial charge >= 0.3 is 0 Å². The van der Waals surface area contributed by atoms with E-state index in [0.29, 0.717) is 23.4 Å². The van der Waals surface area contributed by atoms with E-state index in [1.54, 1.807) is 12.3 Å². The van der Waals surface area contributed by atoms with Crippen LogP contribution in [-0.4, -0.2) is 38.0 Å². The molecule has 0 aliphatic carbocycles. The van der Waals surface area contributed by atoms with E-state index in [0.717, 1.165) is 35.5 Å². The predicted molar refractivity (Wildman–Crippen MR) is 104 cm³/mol. The van der Waals surface area contributed by atoms with Crippen molar-refractivity contribution < 1.29 is 13.7 Å². The van der Waals surface area contributed by atoms with Crippen molar-refractivity contribution >= 4 is 16.7 Å². The normalized spacial score (nSPS) is 13.9. The molecule has 0 saturated heterocycles. The first kappa shape index (κ1) is 17.6. The second-order valence-corrected chi connectivity index (χ2v) is 7.27. The van der Waals surface area contributed by atoms with Crippen LogP contribution in [0.25, 0.3) is 22.3 Å². The molecule has 1 aromatic carbocycles. The Morgan fingerprint density at radius 1 is 1.24 bits per heavy atom. The van der Waals surface area contributed by atoms with Gasteiger partial charge in [-0.05, 0) is 19.9 Å². The van der Waals surface area contributed by atoms with Crippen LogP contribution in [0.1, 0.15) is 25.2 Å². The maximum Gasteiger partial charge on any atom is 0.167 e. The van der Waals surface area contributed by atoms with Gasteiger partial charge in [0.25, 0.3) is 0 Å². The third-order valence-corrected chi connectivity index (χ3v) is 4.90. The van der Waals surface area contributed by atoms with Crippen molar-refractivity contribution in [3.8, 4) is 17.1 Å². The van der Waals surface area contributed by atoms with Crippen molar-refractivity contribution in [1.29, 1.82) is 0 Å². The SMILES string of the molecule is CC(C)Oc1cc2c(-c3cc(N4CCc5oncc5C4)ncn3)n[nH]c2cc1F. The molecule has 29 heavy (non-hydrogen) atoms. The van der Waals surface area contributed by atoms with Crippen LogP contribution in [-0.2, 0) is 13.0 Å². The van der Waals surface area contributed by atoms with Gasteiger partial charge in [0.1, 0.15) is 23.6 Å². The molecule has 4 heterocycles. The molecular weight excluding hydrogens is 375 g/mol. The molecule has 0 atom stereocenters. The second-order valence-electron chi connectivity index (χ2n) is 7.27. The number of hydrogen-bond acceptors (Lipinski definition) is 7. The maximum atomic E-state index is 14.3. The third-order valence-electron chi connectivity index (χ3n) is 4.90. The number of fused-ring (bicyclic) bond motifs is 2. The minimum atomic E-state index is -0.428. The van der Waals surface area contributed by atoms with Crippen LogP contribution in [0, 0.1) is 5.82 Å². The first-order chi connectivity index (χ1) is 14.1. The minimum absolute atomic E-state index is 0.135. The van der Waals surface area contributed by atoms with E-state index >= 15 is 0 Å². The molecule has 9 heteroatoms. The molecule has 3 aromatic heterocycles. The van der Waals surface area contributed by atoms with Crippen LogP contribution >= 0.6 is 0 Å². The molecule has 0 bridgehead atoms. The number of benzene rings is 1. The zero-order valence-corrected chi connectivity index (χ0v) is 16.0. The Labute approximate surface area is 165 Å². The van der Waals surface area contributed by atoms with Crippen LogP contribution in [0.15, 0.2) is 35.2 Å². The monoisotopic (exact) mass is 394 g/mol. The quantitative estimate of drug-likeness (QED) is 0.566. The Hall–Kier alpha value is -3.49. The minimum Gasteiger partial charge on any atom is -0.488 e. The summed E-state index contributed by atoms with van der Waals surface area (Å²) in [6.45, 7) is 5.16. The van der Waals surface area contributed by atoms with Crippen molar-refractivity contribution in [1.82, 2.24) is 25.3 Å². The summed E-state index contributed by atoms with van der Waals surface area (Å²) in [6, 6.07) is 4.94. The molecule has 5 rings (SSSR count). The van der Waals surface area contributed by atoms with E-state index in [9.17, 15) is 4.39 Å². The number of nitrogens with one attached hydrogen (secondary N) is 1. The molecule has 1 aliphatic rings. The number of halogens is 1. The molecule has 0 radical (unpaired) electrons. The first-order valence-corrected chi connectivity index (χ1v) is 9.42. The van der Waals surface area contributed by atoms with E-state index < -0.39 is 5.82 Å². The van der Waals surface area contributed by atoms with Gasteiger partial charge in [-0.15, -0.1) is 0 Å². The van der Waals surface area contributed by atoms with Crippen LogP contribution in [0.3, 0.4) is 0 Å². The average molecular weight is 394 g/mol. The fourth-order valence-corrected chi connectivity index (χ4v) is 3.54. The van der Waals surface area contributed by atoms with Crippen LogP contribution < -0.4 is 9.64 Å². The number of hydrogen-bond donors (Lipinski definition) is 1. The molecule has 1 aliphatic heterocycles. The van der Waals surface area contributed by atoms with Crippen LogP contribution in [0.5, 0.6) is 5.75 Å². The number of rotatable bonds is 4. The molecular formula is C20H19FN6O2. The van der Waals surface area contributed by atoms with Crippen molar-refractivity contribution in [3.63, 3.8) is 0 Å². The van der Waals surface area contributed by atoms with E-state index in [1.807, 2.05) is 19.9 Å². The lowest BCUT2D eigenvalue weighted by molar-refractivity contribution is 0.231. The van der Waals surface area contributed by atoms with Gasteiger partial charge in [-0.3, -0.25) is 5.10 Å². The molecule has 1 N–H and O–H groups in total. The highest BCUT2D eigenvalue weighted by atomic mass is 19.1. The average Bonchev–Trinajstić information content (AvgIpc) is 3.34. The fraction of sp³-hybridized carbons (Fsp3) is 0.300. The van der Waals surface area contributed by atoms with Gasteiger partial charge in [0.15, 0.2) is 11.6 Å². The standard InChI is InChI=1S/C20H19FN6O2/c1-11(2)28-18-5-13-15(6-14(18)21)25-26-20(13)16-7-19(23-10-22-16)27-4-3-17-12(9-27)8-24-29-17/h5-8,10-11H,3-4,9H2,1-2H3,(H,25,26). The summed E-state index contributed by atoms with van der Waals surface area (Å²) in [4.78, 5) is 11.0. The first-order valence-electron chi connectivity index (χ1n) is 9.42. The van der Waals surface area contributed by atoms with E-state index in [1.165, 1.54) is 12.4 Å². The van der Waals surface area contributed by atoms with Crippen LogP contribution in [0.2, 0.25) is 0 Å². The molecule has 0 spiro atoms. The Morgan fingerprint density at radius 2 is 2.14 bits per heavy atom. The lowest BCUT2D eigenvalue weighted by atomic mass is 10.1. The lowest BCUT2D eigenvalue weighted by Crippen LogP contribution is -2.30. The molecule has 0 fully saturated rings. The Bertz CT molecular complexity index is 1180. The fourth-order valence-electron chi connectivity index (χ4n) is 3.54. The van der Waals surface area contributed by atoms with Crippen LogP contribution in [0.4, 0.5) is 10.2 Å². The summed E-state index contributed by atoms with van der Waals surface area (Å²) in [7, 11) is 0. The summed E-state index contributed by atoms with van der Waals surface area (Å²) in [6.07, 6.45) is 3.90. The van der Waals surface area contributed by atoms with Gasteiger partial charge in [0, 0.05) is 42.6 Å². The molecule has 8 nitrogen and oxygen atoms in total.